The number of halogens is 1. The maximum Gasteiger partial charge on any atom is 0.410 e. The second kappa shape index (κ2) is 6.65. The molecule has 1 amide bonds. The number of hydrogen-bond acceptors (Lipinski definition) is 5. The van der Waals surface area contributed by atoms with Gasteiger partial charge in [0, 0.05) is 32.4 Å². The van der Waals surface area contributed by atoms with Crippen molar-refractivity contribution in [1.29, 1.82) is 0 Å². The van der Waals surface area contributed by atoms with Crippen molar-refractivity contribution in [3.8, 4) is 5.75 Å². The van der Waals surface area contributed by atoms with Gasteiger partial charge in [-0.1, -0.05) is 11.6 Å². The first-order chi connectivity index (χ1) is 9.19. The number of likely N-dealkylation sites (N-methyl/N-ethyl adjacent to an activating group) is 1. The molecule has 0 saturated carbocycles. The van der Waals surface area contributed by atoms with Crippen molar-refractivity contribution in [2.75, 3.05) is 25.5 Å². The summed E-state index contributed by atoms with van der Waals surface area (Å²) in [5.41, 5.74) is -0.519. The number of nitrogens with one attached hydrogen (secondary N) is 1. The molecule has 7 heteroatoms. The first-order valence-corrected chi connectivity index (χ1v) is 6.59. The molecule has 0 fully saturated rings. The molecule has 1 rings (SSSR count). The fraction of sp³-hybridized carbons (Fsp3) is 0.538. The van der Waals surface area contributed by atoms with E-state index in [0.717, 1.165) is 0 Å². The number of aromatic hydroxyl groups is 1. The number of nitrogens with zero attached hydrogens (tertiary/aromatic N) is 2. The highest BCUT2D eigenvalue weighted by Gasteiger charge is 2.19. The van der Waals surface area contributed by atoms with E-state index in [1.165, 1.54) is 17.2 Å². The topological polar surface area (TPSA) is 74.7 Å². The summed E-state index contributed by atoms with van der Waals surface area (Å²) < 4.78 is 5.22. The minimum Gasteiger partial charge on any atom is -0.504 e. The molecular weight excluding hydrogens is 282 g/mol. The molecule has 0 spiro atoms. The third-order valence-electron chi connectivity index (χ3n) is 2.28. The van der Waals surface area contributed by atoms with Gasteiger partial charge in [0.1, 0.15) is 5.60 Å². The lowest BCUT2D eigenvalue weighted by atomic mass is 10.2. The zero-order valence-electron chi connectivity index (χ0n) is 12.1. The molecule has 0 aliphatic carbocycles. The molecule has 0 aliphatic heterocycles. The van der Waals surface area contributed by atoms with E-state index in [0.29, 0.717) is 23.9 Å². The van der Waals surface area contributed by atoms with Gasteiger partial charge in [-0.05, 0) is 20.8 Å². The van der Waals surface area contributed by atoms with Gasteiger partial charge in [0.25, 0.3) is 0 Å². The zero-order valence-corrected chi connectivity index (χ0v) is 12.9. The number of amides is 1. The molecule has 0 radical (unpaired) electrons. The standard InChI is InChI=1S/C13H20ClN3O3/c1-13(2,3)20-12(19)17(4)6-5-15-11-10(18)7-9(14)8-16-11/h7-8,18H,5-6H2,1-4H3,(H,15,16). The summed E-state index contributed by atoms with van der Waals surface area (Å²) in [6.07, 6.45) is 1.04. The Bertz CT molecular complexity index is 474. The molecule has 0 unspecified atom stereocenters. The summed E-state index contributed by atoms with van der Waals surface area (Å²) in [5, 5.41) is 12.9. The highest BCUT2D eigenvalue weighted by molar-refractivity contribution is 6.30. The molecule has 0 bridgehead atoms. The Morgan fingerprint density at radius 3 is 2.75 bits per heavy atom. The fourth-order valence-electron chi connectivity index (χ4n) is 1.34. The summed E-state index contributed by atoms with van der Waals surface area (Å²) in [6, 6.07) is 1.40. The highest BCUT2D eigenvalue weighted by atomic mass is 35.5. The van der Waals surface area contributed by atoms with Crippen molar-refractivity contribution < 1.29 is 14.6 Å². The van der Waals surface area contributed by atoms with E-state index in [-0.39, 0.29) is 5.75 Å². The van der Waals surface area contributed by atoms with Crippen LogP contribution in [-0.4, -0.2) is 46.8 Å². The van der Waals surface area contributed by atoms with Crippen LogP contribution in [0.25, 0.3) is 0 Å². The Kier molecular flexibility index (Phi) is 5.44. The van der Waals surface area contributed by atoms with Crippen LogP contribution in [0.1, 0.15) is 20.8 Å². The van der Waals surface area contributed by atoms with Crippen molar-refractivity contribution in [2.45, 2.75) is 26.4 Å². The van der Waals surface area contributed by atoms with Gasteiger partial charge in [-0.15, -0.1) is 0 Å². The summed E-state index contributed by atoms with van der Waals surface area (Å²) >= 11 is 5.68. The van der Waals surface area contributed by atoms with Crippen LogP contribution >= 0.6 is 11.6 Å². The summed E-state index contributed by atoms with van der Waals surface area (Å²) in [7, 11) is 1.64. The molecule has 1 aromatic rings. The lowest BCUT2D eigenvalue weighted by Gasteiger charge is -2.24. The van der Waals surface area contributed by atoms with Gasteiger partial charge in [-0.2, -0.15) is 0 Å². The van der Waals surface area contributed by atoms with Crippen LogP contribution in [0.4, 0.5) is 10.6 Å². The van der Waals surface area contributed by atoms with Gasteiger partial charge >= 0.3 is 6.09 Å². The van der Waals surface area contributed by atoms with Crippen molar-refractivity contribution in [1.82, 2.24) is 9.88 Å². The lowest BCUT2D eigenvalue weighted by Crippen LogP contribution is -2.36. The van der Waals surface area contributed by atoms with Crippen LogP contribution in [-0.2, 0) is 4.74 Å². The van der Waals surface area contributed by atoms with E-state index in [4.69, 9.17) is 16.3 Å². The van der Waals surface area contributed by atoms with Crippen LogP contribution in [0, 0.1) is 0 Å². The third kappa shape index (κ3) is 5.52. The van der Waals surface area contributed by atoms with Crippen molar-refractivity contribution in [3.63, 3.8) is 0 Å². The highest BCUT2D eigenvalue weighted by Crippen LogP contribution is 2.23. The molecule has 2 N–H and O–H groups in total. The molecule has 1 heterocycles. The molecular formula is C13H20ClN3O3. The Hall–Kier alpha value is -1.69. The van der Waals surface area contributed by atoms with Gasteiger partial charge in [-0.3, -0.25) is 0 Å². The second-order valence-corrected chi connectivity index (χ2v) is 5.79. The van der Waals surface area contributed by atoms with Crippen molar-refractivity contribution >= 4 is 23.5 Å². The van der Waals surface area contributed by atoms with Gasteiger partial charge in [0.15, 0.2) is 11.6 Å². The lowest BCUT2D eigenvalue weighted by molar-refractivity contribution is 0.0305. The predicted octanol–water partition coefficient (Wildman–Crippen LogP) is 2.72. The van der Waals surface area contributed by atoms with E-state index < -0.39 is 11.7 Å². The number of aromatic nitrogens is 1. The Labute approximate surface area is 123 Å². The molecule has 112 valence electrons. The molecule has 0 aliphatic rings. The normalized spacial score (nSPS) is 11.1. The van der Waals surface area contributed by atoms with Gasteiger partial charge < -0.3 is 20.1 Å². The van der Waals surface area contributed by atoms with Crippen LogP contribution in [0.15, 0.2) is 12.3 Å². The van der Waals surface area contributed by atoms with Gasteiger partial charge in [0.2, 0.25) is 0 Å². The number of hydrogen-bond donors (Lipinski definition) is 2. The zero-order chi connectivity index (χ0) is 15.3. The molecule has 0 saturated heterocycles. The first kappa shape index (κ1) is 16.4. The van der Waals surface area contributed by atoms with Crippen molar-refractivity contribution in [3.05, 3.63) is 17.3 Å². The number of ether oxygens (including phenoxy) is 1. The van der Waals surface area contributed by atoms with Crippen molar-refractivity contribution in [2.24, 2.45) is 0 Å². The van der Waals surface area contributed by atoms with Gasteiger partial charge in [0.05, 0.1) is 5.02 Å². The summed E-state index contributed by atoms with van der Waals surface area (Å²) in [5.74, 6) is 0.296. The monoisotopic (exact) mass is 301 g/mol. The SMILES string of the molecule is CN(CCNc1ncc(Cl)cc1O)C(=O)OC(C)(C)C. The van der Waals surface area contributed by atoms with Gasteiger partial charge in [-0.25, -0.2) is 9.78 Å². The van der Waals surface area contributed by atoms with E-state index >= 15 is 0 Å². The molecule has 1 aromatic heterocycles. The van der Waals surface area contributed by atoms with Crippen LogP contribution in [0.3, 0.4) is 0 Å². The molecule has 0 atom stereocenters. The quantitative estimate of drug-likeness (QED) is 0.894. The number of rotatable bonds is 4. The van der Waals surface area contributed by atoms with E-state index in [9.17, 15) is 9.90 Å². The Morgan fingerprint density at radius 1 is 1.55 bits per heavy atom. The number of anilines is 1. The number of carbonyl (C=O) groups excluding carboxylic acids is 1. The van der Waals surface area contributed by atoms with Crippen LogP contribution < -0.4 is 5.32 Å². The minimum absolute atomic E-state index is 0.0302. The average Bonchev–Trinajstić information content (AvgIpc) is 2.29. The largest absolute Gasteiger partial charge is 0.504 e. The molecule has 20 heavy (non-hydrogen) atoms. The smallest absolute Gasteiger partial charge is 0.410 e. The predicted molar refractivity (Wildman–Crippen MR) is 78.3 cm³/mol. The maximum absolute atomic E-state index is 11.7. The minimum atomic E-state index is -0.519. The average molecular weight is 302 g/mol. The summed E-state index contributed by atoms with van der Waals surface area (Å²) in [4.78, 5) is 17.1. The third-order valence-corrected chi connectivity index (χ3v) is 2.49. The van der Waals surface area contributed by atoms with E-state index in [1.54, 1.807) is 7.05 Å². The second-order valence-electron chi connectivity index (χ2n) is 5.35. The Morgan fingerprint density at radius 2 is 2.20 bits per heavy atom. The van der Waals surface area contributed by atoms with E-state index in [1.807, 2.05) is 20.8 Å². The fourth-order valence-corrected chi connectivity index (χ4v) is 1.49. The Balaban J connectivity index is 2.42. The maximum atomic E-state index is 11.7. The summed E-state index contributed by atoms with van der Waals surface area (Å²) in [6.45, 7) is 6.28. The molecule has 0 aromatic carbocycles. The van der Waals surface area contributed by atoms with Crippen LogP contribution in [0.5, 0.6) is 5.75 Å². The number of carbonyl (C=O) groups is 1. The molecule has 6 nitrogen and oxygen atoms in total. The van der Waals surface area contributed by atoms with Crippen LogP contribution in [0.2, 0.25) is 5.02 Å². The first-order valence-electron chi connectivity index (χ1n) is 6.21. The number of pyridine rings is 1. The van der Waals surface area contributed by atoms with E-state index in [2.05, 4.69) is 10.3 Å².